The molecular weight excluding hydrogens is 288 g/mol. The molecular formula is C17H26N6. The summed E-state index contributed by atoms with van der Waals surface area (Å²) in [7, 11) is 1.92. The van der Waals surface area contributed by atoms with Gasteiger partial charge in [0.15, 0.2) is 11.8 Å². The van der Waals surface area contributed by atoms with Crippen LogP contribution in [0.2, 0.25) is 0 Å². The van der Waals surface area contributed by atoms with Gasteiger partial charge in [-0.05, 0) is 25.3 Å². The minimum absolute atomic E-state index is 0.411. The van der Waals surface area contributed by atoms with Crippen molar-refractivity contribution in [3.8, 4) is 0 Å². The second-order valence-electron chi connectivity index (χ2n) is 5.75. The molecule has 2 rings (SSSR count). The van der Waals surface area contributed by atoms with Crippen molar-refractivity contribution in [3.63, 3.8) is 0 Å². The lowest BCUT2D eigenvalue weighted by Crippen LogP contribution is -2.39. The fourth-order valence-electron chi connectivity index (χ4n) is 2.29. The summed E-state index contributed by atoms with van der Waals surface area (Å²) in [5.41, 5.74) is 2.62. The van der Waals surface area contributed by atoms with Crippen molar-refractivity contribution in [1.29, 1.82) is 0 Å². The quantitative estimate of drug-likeness (QED) is 0.632. The lowest BCUT2D eigenvalue weighted by Gasteiger charge is -2.16. The third kappa shape index (κ3) is 5.09. The van der Waals surface area contributed by atoms with Gasteiger partial charge in [0.25, 0.3) is 0 Å². The van der Waals surface area contributed by atoms with Crippen LogP contribution in [0, 0.1) is 6.92 Å². The molecule has 1 aromatic heterocycles. The molecule has 0 aliphatic carbocycles. The van der Waals surface area contributed by atoms with E-state index >= 15 is 0 Å². The molecule has 124 valence electrons. The average molecular weight is 314 g/mol. The molecule has 0 spiro atoms. The van der Waals surface area contributed by atoms with Crippen molar-refractivity contribution in [2.45, 2.75) is 33.2 Å². The zero-order chi connectivity index (χ0) is 16.7. The summed E-state index contributed by atoms with van der Waals surface area (Å²) >= 11 is 0. The molecule has 0 saturated heterocycles. The zero-order valence-electron chi connectivity index (χ0n) is 14.4. The minimum atomic E-state index is 0.411. The Bertz CT molecular complexity index is 646. The summed E-state index contributed by atoms with van der Waals surface area (Å²) in [6.45, 7) is 8.55. The first kappa shape index (κ1) is 17.0. The summed E-state index contributed by atoms with van der Waals surface area (Å²) in [6.07, 6.45) is 1.69. The molecule has 1 aromatic carbocycles. The molecule has 0 saturated carbocycles. The number of guanidine groups is 1. The fraction of sp³-hybridized carbons (Fsp3) is 0.471. The number of rotatable bonds is 6. The monoisotopic (exact) mass is 314 g/mol. The molecule has 6 heteroatoms. The van der Waals surface area contributed by atoms with Crippen LogP contribution >= 0.6 is 0 Å². The molecule has 0 amide bonds. The lowest BCUT2D eigenvalue weighted by molar-refractivity contribution is 0.695. The topological polar surface area (TPSA) is 67.1 Å². The standard InChI is InChI=1S/C17H26N6/c1-5-18-17(20-11-16-22-21-12-23(16)4)19-10-14(3)15-8-6-7-13(2)9-15/h6-9,12,14H,5,10-11H2,1-4H3,(H2,18,19,20). The third-order valence-electron chi connectivity index (χ3n) is 3.71. The van der Waals surface area contributed by atoms with E-state index in [-0.39, 0.29) is 0 Å². The SMILES string of the molecule is CCNC(=NCc1nncn1C)NCC(C)c1cccc(C)c1. The van der Waals surface area contributed by atoms with Gasteiger partial charge in [0, 0.05) is 20.1 Å². The first-order valence-electron chi connectivity index (χ1n) is 8.01. The van der Waals surface area contributed by atoms with Gasteiger partial charge in [0.05, 0.1) is 0 Å². The van der Waals surface area contributed by atoms with E-state index in [4.69, 9.17) is 0 Å². The van der Waals surface area contributed by atoms with Gasteiger partial charge >= 0.3 is 0 Å². The summed E-state index contributed by atoms with van der Waals surface area (Å²) in [6, 6.07) is 8.63. The van der Waals surface area contributed by atoms with Gasteiger partial charge in [-0.3, -0.25) is 0 Å². The van der Waals surface area contributed by atoms with E-state index < -0.39 is 0 Å². The Labute approximate surface area is 138 Å². The maximum atomic E-state index is 4.57. The van der Waals surface area contributed by atoms with Crippen LogP contribution in [0.1, 0.15) is 36.7 Å². The summed E-state index contributed by atoms with van der Waals surface area (Å²) in [4.78, 5) is 4.57. The maximum Gasteiger partial charge on any atom is 0.191 e. The number of benzene rings is 1. The number of nitrogens with zero attached hydrogens (tertiary/aromatic N) is 4. The van der Waals surface area contributed by atoms with Gasteiger partial charge < -0.3 is 15.2 Å². The van der Waals surface area contributed by atoms with Crippen molar-refractivity contribution in [3.05, 3.63) is 47.5 Å². The predicted molar refractivity (Wildman–Crippen MR) is 93.4 cm³/mol. The molecule has 0 bridgehead atoms. The number of aliphatic imine (C=N–C) groups is 1. The highest BCUT2D eigenvalue weighted by Crippen LogP contribution is 2.15. The molecule has 0 radical (unpaired) electrons. The largest absolute Gasteiger partial charge is 0.357 e. The van der Waals surface area contributed by atoms with Crippen LogP contribution < -0.4 is 10.6 Å². The van der Waals surface area contributed by atoms with Gasteiger partial charge in [-0.25, -0.2) is 4.99 Å². The van der Waals surface area contributed by atoms with Crippen LogP contribution in [0.5, 0.6) is 0 Å². The molecule has 2 N–H and O–H groups in total. The van der Waals surface area contributed by atoms with Crippen molar-refractivity contribution < 1.29 is 0 Å². The van der Waals surface area contributed by atoms with Crippen LogP contribution in [-0.2, 0) is 13.6 Å². The Balaban J connectivity index is 1.95. The highest BCUT2D eigenvalue weighted by Gasteiger charge is 2.07. The molecule has 1 heterocycles. The highest BCUT2D eigenvalue weighted by molar-refractivity contribution is 5.79. The molecule has 1 unspecified atom stereocenters. The van der Waals surface area contributed by atoms with Crippen LogP contribution in [0.4, 0.5) is 0 Å². The van der Waals surface area contributed by atoms with Gasteiger partial charge in [0.2, 0.25) is 0 Å². The van der Waals surface area contributed by atoms with Crippen LogP contribution in [0.25, 0.3) is 0 Å². The predicted octanol–water partition coefficient (Wildman–Crippen LogP) is 1.98. The first-order valence-corrected chi connectivity index (χ1v) is 8.01. The van der Waals surface area contributed by atoms with Gasteiger partial charge in [0.1, 0.15) is 12.9 Å². The number of nitrogens with one attached hydrogen (secondary N) is 2. The summed E-state index contributed by atoms with van der Waals surface area (Å²) < 4.78 is 1.88. The van der Waals surface area contributed by atoms with E-state index in [0.717, 1.165) is 24.9 Å². The van der Waals surface area contributed by atoms with Gasteiger partial charge in [-0.1, -0.05) is 36.8 Å². The molecule has 6 nitrogen and oxygen atoms in total. The van der Waals surface area contributed by atoms with E-state index in [1.165, 1.54) is 11.1 Å². The first-order chi connectivity index (χ1) is 11.1. The Kier molecular flexibility index (Phi) is 6.14. The highest BCUT2D eigenvalue weighted by atomic mass is 15.3. The number of hydrogen-bond donors (Lipinski definition) is 2. The summed E-state index contributed by atoms with van der Waals surface area (Å²) in [5, 5.41) is 14.6. The molecule has 0 fully saturated rings. The average Bonchev–Trinajstić information content (AvgIpc) is 2.95. The van der Waals surface area contributed by atoms with Crippen molar-refractivity contribution in [2.24, 2.45) is 12.0 Å². The lowest BCUT2D eigenvalue weighted by atomic mass is 9.99. The Morgan fingerprint density at radius 3 is 2.83 bits per heavy atom. The molecule has 2 aromatic rings. The number of hydrogen-bond acceptors (Lipinski definition) is 3. The van der Waals surface area contributed by atoms with Gasteiger partial charge in [-0.15, -0.1) is 10.2 Å². The van der Waals surface area contributed by atoms with Crippen molar-refractivity contribution in [1.82, 2.24) is 25.4 Å². The minimum Gasteiger partial charge on any atom is -0.357 e. The molecule has 1 atom stereocenters. The van der Waals surface area contributed by atoms with E-state index in [9.17, 15) is 0 Å². The van der Waals surface area contributed by atoms with Crippen molar-refractivity contribution >= 4 is 5.96 Å². The third-order valence-corrected chi connectivity index (χ3v) is 3.71. The van der Waals surface area contributed by atoms with E-state index in [2.05, 4.69) is 70.9 Å². The van der Waals surface area contributed by atoms with Crippen LogP contribution in [0.3, 0.4) is 0 Å². The van der Waals surface area contributed by atoms with E-state index in [0.29, 0.717) is 12.5 Å². The molecule has 0 aliphatic heterocycles. The van der Waals surface area contributed by atoms with E-state index in [1.807, 2.05) is 11.6 Å². The second kappa shape index (κ2) is 8.31. The van der Waals surface area contributed by atoms with Crippen LogP contribution in [-0.4, -0.2) is 33.8 Å². The van der Waals surface area contributed by atoms with Crippen LogP contribution in [0.15, 0.2) is 35.6 Å². The number of aromatic nitrogens is 3. The summed E-state index contributed by atoms with van der Waals surface area (Å²) in [5.74, 6) is 2.05. The maximum absolute atomic E-state index is 4.57. The van der Waals surface area contributed by atoms with Crippen molar-refractivity contribution in [2.75, 3.05) is 13.1 Å². The smallest absolute Gasteiger partial charge is 0.191 e. The number of aryl methyl sites for hydroxylation is 2. The molecule has 23 heavy (non-hydrogen) atoms. The van der Waals surface area contributed by atoms with E-state index in [1.54, 1.807) is 6.33 Å². The van der Waals surface area contributed by atoms with Gasteiger partial charge in [-0.2, -0.15) is 0 Å². The normalized spacial score (nSPS) is 13.0. The fourth-order valence-corrected chi connectivity index (χ4v) is 2.29. The Hall–Kier alpha value is -2.37. The second-order valence-corrected chi connectivity index (χ2v) is 5.75. The Morgan fingerprint density at radius 2 is 2.17 bits per heavy atom. The Morgan fingerprint density at radius 1 is 1.35 bits per heavy atom. The molecule has 0 aliphatic rings. The zero-order valence-corrected chi connectivity index (χ0v) is 14.4.